The minimum atomic E-state index is -0.248. The zero-order valence-electron chi connectivity index (χ0n) is 19.4. The topological polar surface area (TPSA) is 54.5 Å². The quantitative estimate of drug-likeness (QED) is 0.522. The fourth-order valence-corrected chi connectivity index (χ4v) is 3.51. The van der Waals surface area contributed by atoms with Crippen LogP contribution in [0.3, 0.4) is 0 Å². The summed E-state index contributed by atoms with van der Waals surface area (Å²) in [6, 6.07) is 23.7. The molecule has 0 aliphatic rings. The summed E-state index contributed by atoms with van der Waals surface area (Å²) in [5.41, 5.74) is 3.05. The van der Waals surface area contributed by atoms with E-state index >= 15 is 0 Å². The van der Waals surface area contributed by atoms with E-state index in [1.807, 2.05) is 79.7 Å². The molecule has 2 aromatic carbocycles. The molecule has 3 aromatic rings. The first-order chi connectivity index (χ1) is 15.3. The number of rotatable bonds is 10. The van der Waals surface area contributed by atoms with Gasteiger partial charge in [0.25, 0.3) is 0 Å². The van der Waals surface area contributed by atoms with Crippen molar-refractivity contribution >= 4 is 5.91 Å². The molecule has 1 atom stereocenters. The number of hydrogen-bond acceptors (Lipinski definition) is 4. The maximum absolute atomic E-state index is 13.0. The number of amides is 1. The number of ether oxygens (including phenoxy) is 1. The molecule has 0 fully saturated rings. The summed E-state index contributed by atoms with van der Waals surface area (Å²) < 4.78 is 5.81. The molecule has 0 saturated carbocycles. The second-order valence-electron chi connectivity index (χ2n) is 8.90. The predicted octanol–water partition coefficient (Wildman–Crippen LogP) is 4.23. The highest BCUT2D eigenvalue weighted by molar-refractivity contribution is 5.82. The fourth-order valence-electron chi connectivity index (χ4n) is 3.51. The molecule has 0 radical (unpaired) electrons. The Balaban J connectivity index is 1.56. The van der Waals surface area contributed by atoms with Crippen LogP contribution in [-0.4, -0.2) is 42.5 Å². The molecule has 3 rings (SSSR count). The average Bonchev–Trinajstić information content (AvgIpc) is 2.81. The SMILES string of the molecule is CN(C)C(Cc1ccc(OCc2ccccn2)cc1)C(=O)NCC(C)(C)c1ccccc1. The van der Waals surface area contributed by atoms with Crippen molar-refractivity contribution in [2.24, 2.45) is 0 Å². The van der Waals surface area contributed by atoms with E-state index in [0.29, 0.717) is 19.6 Å². The van der Waals surface area contributed by atoms with E-state index in [1.54, 1.807) is 6.20 Å². The van der Waals surface area contributed by atoms with Gasteiger partial charge < -0.3 is 10.1 Å². The first-order valence-electron chi connectivity index (χ1n) is 11.0. The van der Waals surface area contributed by atoms with Gasteiger partial charge in [-0.15, -0.1) is 0 Å². The molecule has 32 heavy (non-hydrogen) atoms. The maximum Gasteiger partial charge on any atom is 0.237 e. The lowest BCUT2D eigenvalue weighted by Gasteiger charge is -2.29. The van der Waals surface area contributed by atoms with Crippen molar-refractivity contribution < 1.29 is 9.53 Å². The van der Waals surface area contributed by atoms with Crippen molar-refractivity contribution in [2.75, 3.05) is 20.6 Å². The van der Waals surface area contributed by atoms with E-state index in [1.165, 1.54) is 5.56 Å². The molecule has 0 bridgehead atoms. The highest BCUT2D eigenvalue weighted by atomic mass is 16.5. The van der Waals surface area contributed by atoms with Crippen molar-refractivity contribution in [3.63, 3.8) is 0 Å². The third-order valence-corrected chi connectivity index (χ3v) is 5.65. The maximum atomic E-state index is 13.0. The first kappa shape index (κ1) is 23.5. The van der Waals surface area contributed by atoms with Crippen molar-refractivity contribution in [3.05, 3.63) is 95.8 Å². The van der Waals surface area contributed by atoms with Crippen LogP contribution in [0.2, 0.25) is 0 Å². The van der Waals surface area contributed by atoms with Crippen LogP contribution >= 0.6 is 0 Å². The lowest BCUT2D eigenvalue weighted by molar-refractivity contribution is -0.125. The summed E-state index contributed by atoms with van der Waals surface area (Å²) in [5.74, 6) is 0.823. The molecule has 0 saturated heterocycles. The number of nitrogens with zero attached hydrogens (tertiary/aromatic N) is 2. The second-order valence-corrected chi connectivity index (χ2v) is 8.90. The number of aromatic nitrogens is 1. The molecule has 5 heteroatoms. The average molecular weight is 432 g/mol. The van der Waals surface area contributed by atoms with Crippen LogP contribution in [0.4, 0.5) is 0 Å². The van der Waals surface area contributed by atoms with Gasteiger partial charge in [-0.25, -0.2) is 0 Å². The zero-order chi connectivity index (χ0) is 23.0. The van der Waals surface area contributed by atoms with E-state index in [2.05, 4.69) is 36.3 Å². The van der Waals surface area contributed by atoms with Gasteiger partial charge in [0.1, 0.15) is 12.4 Å². The van der Waals surface area contributed by atoms with Gasteiger partial charge in [-0.3, -0.25) is 14.7 Å². The summed E-state index contributed by atoms with van der Waals surface area (Å²) in [5, 5.41) is 3.16. The molecular weight excluding hydrogens is 398 g/mol. The molecule has 0 aliphatic heterocycles. The normalized spacial score (nSPS) is 12.4. The van der Waals surface area contributed by atoms with Gasteiger partial charge in [0, 0.05) is 18.2 Å². The van der Waals surface area contributed by atoms with Gasteiger partial charge in [-0.05, 0) is 55.9 Å². The van der Waals surface area contributed by atoms with Crippen LogP contribution in [0.25, 0.3) is 0 Å². The molecule has 1 heterocycles. The standard InChI is InChI=1S/C27H33N3O2/c1-27(2,22-10-6-5-7-11-22)20-29-26(31)25(30(3)4)18-21-13-15-24(16-14-21)32-19-23-12-8-9-17-28-23/h5-17,25H,18-20H2,1-4H3,(H,29,31). The predicted molar refractivity (Wildman–Crippen MR) is 129 cm³/mol. The summed E-state index contributed by atoms with van der Waals surface area (Å²) in [6.45, 7) is 5.31. The van der Waals surface area contributed by atoms with Gasteiger partial charge in [-0.1, -0.05) is 62.4 Å². The van der Waals surface area contributed by atoms with Crippen LogP contribution in [-0.2, 0) is 23.2 Å². The summed E-state index contributed by atoms with van der Waals surface area (Å²) >= 11 is 0. The van der Waals surface area contributed by atoms with E-state index in [4.69, 9.17) is 4.74 Å². The minimum absolute atomic E-state index is 0.0366. The molecule has 0 aliphatic carbocycles. The fraction of sp³-hybridized carbons (Fsp3) is 0.333. The third kappa shape index (κ3) is 6.66. The molecule has 1 N–H and O–H groups in total. The number of carbonyl (C=O) groups excluding carboxylic acids is 1. The number of carbonyl (C=O) groups is 1. The van der Waals surface area contributed by atoms with Crippen molar-refractivity contribution in [3.8, 4) is 5.75 Å². The molecular formula is C27H33N3O2. The summed E-state index contributed by atoms with van der Waals surface area (Å²) in [6.07, 6.45) is 2.39. The van der Waals surface area contributed by atoms with Gasteiger partial charge in [-0.2, -0.15) is 0 Å². The summed E-state index contributed by atoms with van der Waals surface area (Å²) in [7, 11) is 3.88. The van der Waals surface area contributed by atoms with Crippen molar-refractivity contribution in [1.29, 1.82) is 0 Å². The Labute approximate surface area is 191 Å². The lowest BCUT2D eigenvalue weighted by atomic mass is 9.84. The smallest absolute Gasteiger partial charge is 0.237 e. The Morgan fingerprint density at radius 2 is 1.69 bits per heavy atom. The Bertz CT molecular complexity index is 971. The van der Waals surface area contributed by atoms with E-state index in [9.17, 15) is 4.79 Å². The highest BCUT2D eigenvalue weighted by Crippen LogP contribution is 2.22. The molecule has 1 amide bonds. The van der Waals surface area contributed by atoms with Gasteiger partial charge in [0.05, 0.1) is 11.7 Å². The van der Waals surface area contributed by atoms with Crippen molar-refractivity contribution in [2.45, 2.75) is 38.3 Å². The van der Waals surface area contributed by atoms with Gasteiger partial charge >= 0.3 is 0 Å². The molecule has 1 unspecified atom stereocenters. The van der Waals surface area contributed by atoms with E-state index in [0.717, 1.165) is 17.0 Å². The molecule has 0 spiro atoms. The van der Waals surface area contributed by atoms with Crippen LogP contribution in [0.15, 0.2) is 79.0 Å². The zero-order valence-corrected chi connectivity index (χ0v) is 19.4. The monoisotopic (exact) mass is 431 g/mol. The molecule has 5 nitrogen and oxygen atoms in total. The number of nitrogens with one attached hydrogen (secondary N) is 1. The number of benzene rings is 2. The van der Waals surface area contributed by atoms with Crippen LogP contribution in [0, 0.1) is 0 Å². The largest absolute Gasteiger partial charge is 0.487 e. The Morgan fingerprint density at radius 3 is 2.31 bits per heavy atom. The summed E-state index contributed by atoms with van der Waals surface area (Å²) in [4.78, 5) is 19.2. The van der Waals surface area contributed by atoms with Crippen molar-refractivity contribution in [1.82, 2.24) is 15.2 Å². The highest BCUT2D eigenvalue weighted by Gasteiger charge is 2.25. The van der Waals surface area contributed by atoms with Crippen LogP contribution in [0.1, 0.15) is 30.7 Å². The van der Waals surface area contributed by atoms with Gasteiger partial charge in [0.2, 0.25) is 5.91 Å². The van der Waals surface area contributed by atoms with Crippen LogP contribution < -0.4 is 10.1 Å². The first-order valence-corrected chi connectivity index (χ1v) is 11.0. The van der Waals surface area contributed by atoms with E-state index in [-0.39, 0.29) is 17.4 Å². The lowest BCUT2D eigenvalue weighted by Crippen LogP contribution is -2.48. The number of hydrogen-bond donors (Lipinski definition) is 1. The van der Waals surface area contributed by atoms with Crippen LogP contribution in [0.5, 0.6) is 5.75 Å². The molecule has 168 valence electrons. The number of likely N-dealkylation sites (N-methyl/N-ethyl adjacent to an activating group) is 1. The van der Waals surface area contributed by atoms with E-state index < -0.39 is 0 Å². The van der Waals surface area contributed by atoms with Gasteiger partial charge in [0.15, 0.2) is 0 Å². The Morgan fingerprint density at radius 1 is 1.00 bits per heavy atom. The third-order valence-electron chi connectivity index (χ3n) is 5.65. The molecule has 1 aromatic heterocycles. The Kier molecular flexibility index (Phi) is 8.01. The Hall–Kier alpha value is -3.18. The minimum Gasteiger partial charge on any atom is -0.487 e. The number of pyridine rings is 1. The second kappa shape index (κ2) is 10.9.